The van der Waals surface area contributed by atoms with Crippen LogP contribution in [0, 0.1) is 0 Å². The Morgan fingerprint density at radius 3 is 3.00 bits per heavy atom. The molecule has 0 aliphatic carbocycles. The van der Waals surface area contributed by atoms with Gasteiger partial charge in [0.25, 0.3) is 10.0 Å². The van der Waals surface area contributed by atoms with Crippen molar-refractivity contribution in [2.45, 2.75) is 37.4 Å². The van der Waals surface area contributed by atoms with E-state index in [0.717, 1.165) is 26.1 Å². The van der Waals surface area contributed by atoms with Crippen LogP contribution < -0.4 is 5.32 Å². The largest absolute Gasteiger partial charge is 0.447 e. The van der Waals surface area contributed by atoms with E-state index in [-0.39, 0.29) is 5.09 Å². The van der Waals surface area contributed by atoms with Gasteiger partial charge in [0.15, 0.2) is 0 Å². The topological polar surface area (TPSA) is 65.8 Å². The highest BCUT2D eigenvalue weighted by Crippen LogP contribution is 2.26. The average Bonchev–Trinajstić information content (AvgIpc) is 3.13. The molecule has 0 spiro atoms. The summed E-state index contributed by atoms with van der Waals surface area (Å²) in [7, 11) is -3.49. The zero-order valence-corrected chi connectivity index (χ0v) is 13.2. The molecule has 0 radical (unpaired) electrons. The van der Waals surface area contributed by atoms with E-state index in [1.807, 2.05) is 6.92 Å². The maximum absolute atomic E-state index is 12.7. The molecule has 0 aromatic carbocycles. The highest BCUT2D eigenvalue weighted by Gasteiger charge is 2.37. The van der Waals surface area contributed by atoms with Gasteiger partial charge >= 0.3 is 0 Å². The van der Waals surface area contributed by atoms with Crippen LogP contribution in [-0.4, -0.2) is 56.4 Å². The molecule has 1 unspecified atom stereocenters. The summed E-state index contributed by atoms with van der Waals surface area (Å²) in [6, 6.07) is 3.69. The molecule has 2 aliphatic heterocycles. The van der Waals surface area contributed by atoms with Gasteiger partial charge in [0, 0.05) is 25.7 Å². The molecule has 0 bridgehead atoms. The van der Waals surface area contributed by atoms with Gasteiger partial charge in [-0.25, -0.2) is 8.42 Å². The van der Waals surface area contributed by atoms with Crippen LogP contribution in [0.4, 0.5) is 0 Å². The first kappa shape index (κ1) is 15.0. The number of nitrogens with zero attached hydrogens (tertiary/aromatic N) is 2. The second-order valence-corrected chi connectivity index (χ2v) is 7.57. The molecule has 0 saturated carbocycles. The lowest BCUT2D eigenvalue weighted by Gasteiger charge is -2.36. The summed E-state index contributed by atoms with van der Waals surface area (Å²) in [5, 5.41) is 3.20. The highest BCUT2D eigenvalue weighted by molar-refractivity contribution is 7.89. The monoisotopic (exact) mass is 313 g/mol. The van der Waals surface area contributed by atoms with Crippen LogP contribution in [-0.2, 0) is 16.6 Å². The van der Waals surface area contributed by atoms with Gasteiger partial charge in [-0.2, -0.15) is 4.31 Å². The summed E-state index contributed by atoms with van der Waals surface area (Å²) in [4.78, 5) is 2.39. The SMILES string of the molecule is CCNCc1ccc(S(=O)(=O)N2CCN3CCCC3C2)o1. The number of hydrogen-bond acceptors (Lipinski definition) is 5. The Bertz CT molecular complexity index is 584. The summed E-state index contributed by atoms with van der Waals surface area (Å²) in [6.07, 6.45) is 2.27. The number of fused-ring (bicyclic) bond motifs is 1. The van der Waals surface area contributed by atoms with Crippen LogP contribution in [0.1, 0.15) is 25.5 Å². The van der Waals surface area contributed by atoms with E-state index in [1.54, 1.807) is 16.4 Å². The van der Waals surface area contributed by atoms with Gasteiger partial charge in [-0.3, -0.25) is 4.90 Å². The first-order chi connectivity index (χ1) is 10.1. The van der Waals surface area contributed by atoms with E-state index in [2.05, 4.69) is 10.2 Å². The fraction of sp³-hybridized carbons (Fsp3) is 0.714. The minimum atomic E-state index is -3.49. The van der Waals surface area contributed by atoms with Crippen LogP contribution in [0.15, 0.2) is 21.6 Å². The van der Waals surface area contributed by atoms with Crippen molar-refractivity contribution >= 4 is 10.0 Å². The van der Waals surface area contributed by atoms with Gasteiger partial charge in [0.1, 0.15) is 5.76 Å². The lowest BCUT2D eigenvalue weighted by Crippen LogP contribution is -2.51. The molecule has 1 aromatic rings. The van der Waals surface area contributed by atoms with Crippen LogP contribution in [0.25, 0.3) is 0 Å². The fourth-order valence-corrected chi connectivity index (χ4v) is 4.55. The minimum absolute atomic E-state index is 0.0712. The lowest BCUT2D eigenvalue weighted by molar-refractivity contribution is 0.156. The molecule has 7 heteroatoms. The van der Waals surface area contributed by atoms with Crippen LogP contribution in [0.2, 0.25) is 0 Å². The zero-order valence-electron chi connectivity index (χ0n) is 12.4. The third-order valence-corrected chi connectivity index (χ3v) is 6.07. The Morgan fingerprint density at radius 2 is 2.19 bits per heavy atom. The van der Waals surface area contributed by atoms with Crippen molar-refractivity contribution in [2.24, 2.45) is 0 Å². The fourth-order valence-electron chi connectivity index (χ4n) is 3.15. The molecule has 2 aliphatic rings. The van der Waals surface area contributed by atoms with Gasteiger partial charge in [0.05, 0.1) is 6.54 Å². The summed E-state index contributed by atoms with van der Waals surface area (Å²) >= 11 is 0. The Labute approximate surface area is 126 Å². The molecule has 2 fully saturated rings. The van der Waals surface area contributed by atoms with Crippen molar-refractivity contribution in [3.8, 4) is 0 Å². The number of nitrogens with one attached hydrogen (secondary N) is 1. The normalized spacial score (nSPS) is 24.3. The van der Waals surface area contributed by atoms with E-state index in [9.17, 15) is 8.42 Å². The van der Waals surface area contributed by atoms with Gasteiger partial charge in [-0.05, 0) is 38.1 Å². The van der Waals surface area contributed by atoms with E-state index < -0.39 is 10.0 Å². The molecule has 0 amide bonds. The van der Waals surface area contributed by atoms with Gasteiger partial charge < -0.3 is 9.73 Å². The highest BCUT2D eigenvalue weighted by atomic mass is 32.2. The molecule has 3 heterocycles. The molecule has 1 N–H and O–H groups in total. The number of sulfonamides is 1. The predicted molar refractivity (Wildman–Crippen MR) is 79.4 cm³/mol. The predicted octanol–water partition coefficient (Wildman–Crippen LogP) is 0.858. The standard InChI is InChI=1S/C14H23N3O3S/c1-2-15-10-13-5-6-14(20-13)21(18,19)17-9-8-16-7-3-4-12(16)11-17/h5-6,12,15H,2-4,7-11H2,1H3. The Hall–Kier alpha value is -0.890. The van der Waals surface area contributed by atoms with Gasteiger partial charge in [-0.15, -0.1) is 0 Å². The number of piperazine rings is 1. The van der Waals surface area contributed by atoms with Crippen molar-refractivity contribution in [2.75, 3.05) is 32.7 Å². The maximum atomic E-state index is 12.7. The second-order valence-electron chi connectivity index (χ2n) is 5.70. The third-order valence-electron chi connectivity index (χ3n) is 4.33. The Morgan fingerprint density at radius 1 is 1.33 bits per heavy atom. The quantitative estimate of drug-likeness (QED) is 0.873. The van der Waals surface area contributed by atoms with Crippen molar-refractivity contribution in [1.29, 1.82) is 0 Å². The van der Waals surface area contributed by atoms with E-state index in [0.29, 0.717) is 31.4 Å². The van der Waals surface area contributed by atoms with Crippen molar-refractivity contribution < 1.29 is 12.8 Å². The summed E-state index contributed by atoms with van der Waals surface area (Å²) in [6.45, 7) is 6.46. The molecule has 118 valence electrons. The molecule has 1 atom stereocenters. The number of rotatable bonds is 5. The molecular weight excluding hydrogens is 290 g/mol. The molecule has 6 nitrogen and oxygen atoms in total. The van der Waals surface area contributed by atoms with Crippen molar-refractivity contribution in [3.05, 3.63) is 17.9 Å². The molecule has 3 rings (SSSR count). The van der Waals surface area contributed by atoms with E-state index in [4.69, 9.17) is 4.42 Å². The van der Waals surface area contributed by atoms with Crippen LogP contribution >= 0.6 is 0 Å². The van der Waals surface area contributed by atoms with Gasteiger partial charge in [-0.1, -0.05) is 6.92 Å². The summed E-state index contributed by atoms with van der Waals surface area (Å²) in [5.74, 6) is 0.662. The maximum Gasteiger partial charge on any atom is 0.276 e. The van der Waals surface area contributed by atoms with E-state index >= 15 is 0 Å². The van der Waals surface area contributed by atoms with Crippen molar-refractivity contribution in [3.63, 3.8) is 0 Å². The number of hydrogen-bond donors (Lipinski definition) is 1. The molecular formula is C14H23N3O3S. The molecule has 1 aromatic heterocycles. The zero-order chi connectivity index (χ0) is 14.9. The first-order valence-electron chi connectivity index (χ1n) is 7.65. The third kappa shape index (κ3) is 3.01. The second kappa shape index (κ2) is 6.08. The number of furan rings is 1. The van der Waals surface area contributed by atoms with Gasteiger partial charge in [0.2, 0.25) is 5.09 Å². The summed E-state index contributed by atoms with van der Waals surface area (Å²) in [5.41, 5.74) is 0. The van der Waals surface area contributed by atoms with Crippen LogP contribution in [0.3, 0.4) is 0 Å². The molecule has 21 heavy (non-hydrogen) atoms. The van der Waals surface area contributed by atoms with E-state index in [1.165, 1.54) is 6.42 Å². The smallest absolute Gasteiger partial charge is 0.276 e. The lowest BCUT2D eigenvalue weighted by atomic mass is 10.2. The van der Waals surface area contributed by atoms with Crippen LogP contribution in [0.5, 0.6) is 0 Å². The van der Waals surface area contributed by atoms with Crippen molar-refractivity contribution in [1.82, 2.24) is 14.5 Å². The molecule has 2 saturated heterocycles. The Balaban J connectivity index is 1.72. The Kier molecular flexibility index (Phi) is 4.35. The first-order valence-corrected chi connectivity index (χ1v) is 9.09. The average molecular weight is 313 g/mol. The summed E-state index contributed by atoms with van der Waals surface area (Å²) < 4.78 is 32.4. The minimum Gasteiger partial charge on any atom is -0.447 e.